The molecule has 0 radical (unpaired) electrons. The average Bonchev–Trinajstić information content (AvgIpc) is 3.18. The van der Waals surface area contributed by atoms with Crippen molar-refractivity contribution in [1.82, 2.24) is 15.2 Å². The van der Waals surface area contributed by atoms with Gasteiger partial charge >= 0.3 is 6.18 Å². The molecular formula is C25H22F3N3O2. The van der Waals surface area contributed by atoms with Crippen molar-refractivity contribution in [3.63, 3.8) is 0 Å². The Bertz CT molecular complexity index is 1080. The summed E-state index contributed by atoms with van der Waals surface area (Å²) in [6.45, 7) is 0.178. The number of rotatable bonds is 6. The topological polar surface area (TPSA) is 62.3 Å². The zero-order chi connectivity index (χ0) is 23.4. The minimum atomic E-state index is -4.45. The predicted molar refractivity (Wildman–Crippen MR) is 116 cm³/mol. The SMILES string of the molecule is O=C(NC(c1ccccc1)c1ccncc1)C1CC(=O)N(Cc2cccc(C(F)(F)F)c2)C1. The normalized spacial score (nSPS) is 17.1. The molecule has 33 heavy (non-hydrogen) atoms. The van der Waals surface area contributed by atoms with Gasteiger partial charge in [0.2, 0.25) is 11.8 Å². The minimum absolute atomic E-state index is 0.0165. The van der Waals surface area contributed by atoms with E-state index in [1.807, 2.05) is 42.5 Å². The molecule has 8 heteroatoms. The molecule has 4 rings (SSSR count). The number of halogens is 3. The fourth-order valence-corrected chi connectivity index (χ4v) is 3.99. The van der Waals surface area contributed by atoms with E-state index >= 15 is 0 Å². The molecule has 1 aliphatic heterocycles. The van der Waals surface area contributed by atoms with Crippen molar-refractivity contribution in [2.75, 3.05) is 6.54 Å². The van der Waals surface area contributed by atoms with Gasteiger partial charge in [0.05, 0.1) is 17.5 Å². The molecule has 5 nitrogen and oxygen atoms in total. The molecule has 2 amide bonds. The molecule has 0 bridgehead atoms. The van der Waals surface area contributed by atoms with Crippen molar-refractivity contribution in [1.29, 1.82) is 0 Å². The maximum Gasteiger partial charge on any atom is 0.416 e. The van der Waals surface area contributed by atoms with Gasteiger partial charge in [0.15, 0.2) is 0 Å². The van der Waals surface area contributed by atoms with Crippen LogP contribution >= 0.6 is 0 Å². The van der Waals surface area contributed by atoms with Crippen LogP contribution < -0.4 is 5.32 Å². The summed E-state index contributed by atoms with van der Waals surface area (Å²) in [5.74, 6) is -1.12. The molecule has 1 N–H and O–H groups in total. The summed E-state index contributed by atoms with van der Waals surface area (Å²) in [6.07, 6.45) is -1.14. The number of pyridine rings is 1. The zero-order valence-electron chi connectivity index (χ0n) is 17.6. The van der Waals surface area contributed by atoms with E-state index in [-0.39, 0.29) is 31.3 Å². The number of carbonyl (C=O) groups excluding carboxylic acids is 2. The van der Waals surface area contributed by atoms with Gasteiger partial charge in [-0.15, -0.1) is 0 Å². The Morgan fingerprint density at radius 1 is 1.03 bits per heavy atom. The van der Waals surface area contributed by atoms with Crippen LogP contribution in [0.15, 0.2) is 79.1 Å². The Hall–Kier alpha value is -3.68. The molecule has 1 fully saturated rings. The number of hydrogen-bond acceptors (Lipinski definition) is 3. The maximum absolute atomic E-state index is 13.1. The van der Waals surface area contributed by atoms with Crippen LogP contribution in [0.25, 0.3) is 0 Å². The van der Waals surface area contributed by atoms with Gasteiger partial charge in [-0.05, 0) is 41.0 Å². The Morgan fingerprint density at radius 2 is 1.73 bits per heavy atom. The largest absolute Gasteiger partial charge is 0.416 e. The van der Waals surface area contributed by atoms with E-state index in [1.165, 1.54) is 11.0 Å². The molecular weight excluding hydrogens is 431 g/mol. The van der Waals surface area contributed by atoms with Crippen LogP contribution in [0.1, 0.15) is 34.7 Å². The number of hydrogen-bond donors (Lipinski definition) is 1. The second-order valence-corrected chi connectivity index (χ2v) is 8.01. The zero-order valence-corrected chi connectivity index (χ0v) is 17.6. The quantitative estimate of drug-likeness (QED) is 0.604. The van der Waals surface area contributed by atoms with Crippen LogP contribution in [-0.4, -0.2) is 28.2 Å². The van der Waals surface area contributed by atoms with Gasteiger partial charge in [0.25, 0.3) is 0 Å². The Kier molecular flexibility index (Phi) is 6.44. The van der Waals surface area contributed by atoms with E-state index in [0.29, 0.717) is 5.56 Å². The van der Waals surface area contributed by atoms with Crippen molar-refractivity contribution in [2.45, 2.75) is 25.2 Å². The maximum atomic E-state index is 13.1. The number of aromatic nitrogens is 1. The van der Waals surface area contributed by atoms with Gasteiger partial charge in [0, 0.05) is 31.9 Å². The fraction of sp³-hybridized carbons (Fsp3) is 0.240. The molecule has 170 valence electrons. The molecule has 2 unspecified atom stereocenters. The third-order valence-electron chi connectivity index (χ3n) is 5.67. The van der Waals surface area contributed by atoms with Crippen LogP contribution in [0.2, 0.25) is 0 Å². The summed E-state index contributed by atoms with van der Waals surface area (Å²) in [5.41, 5.74) is 1.36. The molecule has 1 saturated heterocycles. The van der Waals surface area contributed by atoms with Crippen molar-refractivity contribution < 1.29 is 22.8 Å². The molecule has 0 spiro atoms. The monoisotopic (exact) mass is 453 g/mol. The number of nitrogens with one attached hydrogen (secondary N) is 1. The van der Waals surface area contributed by atoms with Crippen molar-refractivity contribution in [3.8, 4) is 0 Å². The van der Waals surface area contributed by atoms with Gasteiger partial charge in [-0.3, -0.25) is 14.6 Å². The highest BCUT2D eigenvalue weighted by molar-refractivity contribution is 5.89. The minimum Gasteiger partial charge on any atom is -0.345 e. The Morgan fingerprint density at radius 3 is 2.42 bits per heavy atom. The van der Waals surface area contributed by atoms with Gasteiger partial charge in [-0.1, -0.05) is 42.5 Å². The summed E-state index contributed by atoms with van der Waals surface area (Å²) < 4.78 is 39.0. The second kappa shape index (κ2) is 9.44. The lowest BCUT2D eigenvalue weighted by molar-refractivity contribution is -0.137. The highest BCUT2D eigenvalue weighted by Gasteiger charge is 2.36. The second-order valence-electron chi connectivity index (χ2n) is 8.01. The molecule has 0 aliphatic carbocycles. The van der Waals surface area contributed by atoms with Crippen molar-refractivity contribution in [3.05, 3.63) is 101 Å². The molecule has 3 aromatic rings. The van der Waals surface area contributed by atoms with Crippen molar-refractivity contribution in [2.24, 2.45) is 5.92 Å². The summed E-state index contributed by atoms with van der Waals surface area (Å²) in [4.78, 5) is 31.1. The smallest absolute Gasteiger partial charge is 0.345 e. The van der Waals surface area contributed by atoms with Crippen molar-refractivity contribution >= 4 is 11.8 Å². The van der Waals surface area contributed by atoms with Crippen LogP contribution in [-0.2, 0) is 22.3 Å². The van der Waals surface area contributed by atoms with Crippen LogP contribution in [0.3, 0.4) is 0 Å². The number of carbonyl (C=O) groups is 2. The lowest BCUT2D eigenvalue weighted by atomic mass is 9.98. The summed E-state index contributed by atoms with van der Waals surface area (Å²) in [6, 6.07) is 17.6. The standard InChI is InChI=1S/C25H22F3N3O2/c26-25(27,28)21-8-4-5-17(13-21)15-31-16-20(14-22(31)32)24(33)30-23(18-6-2-1-3-7-18)19-9-11-29-12-10-19/h1-13,20,23H,14-16H2,(H,30,33). The molecule has 2 heterocycles. The van der Waals surface area contributed by atoms with E-state index in [4.69, 9.17) is 0 Å². The first-order chi connectivity index (χ1) is 15.8. The number of amides is 2. The van der Waals surface area contributed by atoms with Crippen LogP contribution in [0.4, 0.5) is 13.2 Å². The number of alkyl halides is 3. The predicted octanol–water partition coefficient (Wildman–Crippen LogP) is 4.35. The molecule has 1 aliphatic rings. The highest BCUT2D eigenvalue weighted by Crippen LogP contribution is 2.30. The third-order valence-corrected chi connectivity index (χ3v) is 5.67. The third kappa shape index (κ3) is 5.39. The summed E-state index contributed by atoms with van der Waals surface area (Å²) in [5, 5.41) is 3.03. The summed E-state index contributed by atoms with van der Waals surface area (Å²) in [7, 11) is 0. The molecule has 1 aromatic heterocycles. The van der Waals surface area contributed by atoms with E-state index in [2.05, 4.69) is 10.3 Å². The molecule has 0 saturated carbocycles. The first-order valence-electron chi connectivity index (χ1n) is 10.5. The average molecular weight is 453 g/mol. The van der Waals surface area contributed by atoms with Crippen LogP contribution in [0.5, 0.6) is 0 Å². The van der Waals surface area contributed by atoms with Gasteiger partial charge < -0.3 is 10.2 Å². The molecule has 2 atom stereocenters. The Labute approximate surface area is 189 Å². The Balaban J connectivity index is 1.46. The number of likely N-dealkylation sites (tertiary alicyclic amines) is 1. The summed E-state index contributed by atoms with van der Waals surface area (Å²) >= 11 is 0. The van der Waals surface area contributed by atoms with Crippen LogP contribution in [0, 0.1) is 5.92 Å². The molecule has 2 aromatic carbocycles. The number of benzene rings is 2. The lowest BCUT2D eigenvalue weighted by Gasteiger charge is -2.22. The van der Waals surface area contributed by atoms with E-state index in [1.54, 1.807) is 18.5 Å². The highest BCUT2D eigenvalue weighted by atomic mass is 19.4. The van der Waals surface area contributed by atoms with Gasteiger partial charge in [-0.2, -0.15) is 13.2 Å². The van der Waals surface area contributed by atoms with Gasteiger partial charge in [-0.25, -0.2) is 0 Å². The van der Waals surface area contributed by atoms with E-state index in [0.717, 1.165) is 23.3 Å². The fourth-order valence-electron chi connectivity index (χ4n) is 3.99. The van der Waals surface area contributed by atoms with Gasteiger partial charge in [0.1, 0.15) is 0 Å². The lowest BCUT2D eigenvalue weighted by Crippen LogP contribution is -2.36. The van der Waals surface area contributed by atoms with E-state index in [9.17, 15) is 22.8 Å². The first-order valence-corrected chi connectivity index (χ1v) is 10.5. The number of nitrogens with zero attached hydrogens (tertiary/aromatic N) is 2. The first kappa shape index (κ1) is 22.5. The van der Waals surface area contributed by atoms with E-state index < -0.39 is 23.7 Å².